The van der Waals surface area contributed by atoms with E-state index < -0.39 is 0 Å². The molecule has 0 aromatic heterocycles. The maximum absolute atomic E-state index is 8.64. The van der Waals surface area contributed by atoms with E-state index in [0.717, 1.165) is 12.0 Å². The Balaban J connectivity index is 2.90. The van der Waals surface area contributed by atoms with E-state index in [4.69, 9.17) is 5.11 Å². The lowest BCUT2D eigenvalue weighted by Gasteiger charge is -2.01. The first-order valence-corrected chi connectivity index (χ1v) is 4.34. The topological polar surface area (TPSA) is 20.2 Å². The van der Waals surface area contributed by atoms with Crippen molar-refractivity contribution in [1.82, 2.24) is 0 Å². The number of allylic oxidation sites excluding steroid dienone is 1. The molecule has 1 aromatic rings. The lowest BCUT2D eigenvalue weighted by molar-refractivity contribution is 0.343. The van der Waals surface area contributed by atoms with Crippen LogP contribution in [0.1, 0.15) is 11.1 Å². The van der Waals surface area contributed by atoms with E-state index in [1.165, 1.54) is 5.56 Å². The molecule has 0 saturated carbocycles. The third-order valence-corrected chi connectivity index (χ3v) is 1.82. The molecule has 0 amide bonds. The summed E-state index contributed by atoms with van der Waals surface area (Å²) in [6.45, 7) is 3.79. The van der Waals surface area contributed by atoms with Crippen LogP contribution in [0.4, 0.5) is 0 Å². The maximum atomic E-state index is 8.64. The van der Waals surface area contributed by atoms with Crippen LogP contribution in [-0.4, -0.2) is 11.7 Å². The average molecular weight is 174 g/mol. The summed E-state index contributed by atoms with van der Waals surface area (Å²) in [5, 5.41) is 8.64. The second-order valence-electron chi connectivity index (χ2n) is 2.78. The molecule has 0 saturated heterocycles. The molecule has 1 rings (SSSR count). The smallest absolute Gasteiger partial charge is 0.0615 e. The number of rotatable bonds is 4. The summed E-state index contributed by atoms with van der Waals surface area (Å²) in [5.41, 5.74) is 2.39. The van der Waals surface area contributed by atoms with Gasteiger partial charge in [-0.05, 0) is 17.5 Å². The van der Waals surface area contributed by atoms with Gasteiger partial charge < -0.3 is 5.11 Å². The Morgan fingerprint density at radius 3 is 2.77 bits per heavy atom. The summed E-state index contributed by atoms with van der Waals surface area (Å²) in [7, 11) is 0. The molecule has 0 aliphatic carbocycles. The van der Waals surface area contributed by atoms with E-state index in [1.54, 1.807) is 6.08 Å². The summed E-state index contributed by atoms with van der Waals surface area (Å²) in [5.74, 6) is 0. The minimum absolute atomic E-state index is 0.0857. The molecule has 0 atom stereocenters. The van der Waals surface area contributed by atoms with E-state index in [1.807, 2.05) is 30.4 Å². The molecular weight excluding hydrogens is 160 g/mol. The van der Waals surface area contributed by atoms with E-state index in [-0.39, 0.29) is 6.61 Å². The van der Waals surface area contributed by atoms with Crippen LogP contribution in [0.3, 0.4) is 0 Å². The van der Waals surface area contributed by atoms with Crippen LogP contribution in [0.15, 0.2) is 43.0 Å². The third-order valence-electron chi connectivity index (χ3n) is 1.82. The molecule has 0 unspecified atom stereocenters. The Morgan fingerprint density at radius 2 is 2.08 bits per heavy atom. The molecule has 13 heavy (non-hydrogen) atoms. The Kier molecular flexibility index (Phi) is 4.00. The highest BCUT2D eigenvalue weighted by molar-refractivity contribution is 5.54. The highest BCUT2D eigenvalue weighted by Gasteiger charge is 1.94. The third kappa shape index (κ3) is 2.88. The lowest BCUT2D eigenvalue weighted by atomic mass is 10.0. The molecule has 0 aliphatic heterocycles. The van der Waals surface area contributed by atoms with Crippen molar-refractivity contribution in [3.8, 4) is 0 Å². The van der Waals surface area contributed by atoms with Gasteiger partial charge in [-0.15, -0.1) is 6.58 Å². The van der Waals surface area contributed by atoms with Crippen molar-refractivity contribution in [1.29, 1.82) is 0 Å². The van der Waals surface area contributed by atoms with Gasteiger partial charge in [-0.3, -0.25) is 0 Å². The lowest BCUT2D eigenvalue weighted by Crippen LogP contribution is -1.85. The van der Waals surface area contributed by atoms with Crippen LogP contribution >= 0.6 is 0 Å². The molecular formula is C12H14O. The fourth-order valence-corrected chi connectivity index (χ4v) is 1.22. The highest BCUT2D eigenvalue weighted by Crippen LogP contribution is 2.11. The fraction of sp³-hybridized carbons (Fsp3) is 0.167. The second-order valence-corrected chi connectivity index (χ2v) is 2.78. The summed E-state index contributed by atoms with van der Waals surface area (Å²) in [4.78, 5) is 0. The predicted molar refractivity (Wildman–Crippen MR) is 56.5 cm³/mol. The van der Waals surface area contributed by atoms with Gasteiger partial charge >= 0.3 is 0 Å². The molecule has 1 aromatic carbocycles. The van der Waals surface area contributed by atoms with E-state index >= 15 is 0 Å². The molecule has 0 radical (unpaired) electrons. The van der Waals surface area contributed by atoms with E-state index in [2.05, 4.69) is 12.6 Å². The fourth-order valence-electron chi connectivity index (χ4n) is 1.22. The number of aliphatic hydroxyl groups excluding tert-OH is 1. The van der Waals surface area contributed by atoms with Gasteiger partial charge in [0, 0.05) is 0 Å². The van der Waals surface area contributed by atoms with Gasteiger partial charge in [0.05, 0.1) is 6.61 Å². The normalized spacial score (nSPS) is 10.5. The van der Waals surface area contributed by atoms with Crippen molar-refractivity contribution in [3.63, 3.8) is 0 Å². The van der Waals surface area contributed by atoms with Gasteiger partial charge in [0.25, 0.3) is 0 Å². The SMILES string of the molecule is C=CCc1ccccc1/C=C/CO. The van der Waals surface area contributed by atoms with Crippen molar-refractivity contribution < 1.29 is 5.11 Å². The maximum Gasteiger partial charge on any atom is 0.0615 e. The zero-order valence-electron chi connectivity index (χ0n) is 7.61. The van der Waals surface area contributed by atoms with Gasteiger partial charge in [0.15, 0.2) is 0 Å². The first kappa shape index (κ1) is 9.75. The number of benzene rings is 1. The Bertz CT molecular complexity index is 300. The number of aliphatic hydroxyl groups is 1. The Morgan fingerprint density at radius 1 is 1.31 bits per heavy atom. The molecule has 0 spiro atoms. The molecule has 1 nitrogen and oxygen atoms in total. The van der Waals surface area contributed by atoms with Crippen LogP contribution in [0.2, 0.25) is 0 Å². The Hall–Kier alpha value is -1.34. The number of hydrogen-bond acceptors (Lipinski definition) is 1. The van der Waals surface area contributed by atoms with Crippen LogP contribution in [0, 0.1) is 0 Å². The molecule has 0 bridgehead atoms. The van der Waals surface area contributed by atoms with Crippen LogP contribution in [-0.2, 0) is 6.42 Å². The predicted octanol–water partition coefficient (Wildman–Crippen LogP) is 2.42. The van der Waals surface area contributed by atoms with Crippen molar-refractivity contribution in [2.75, 3.05) is 6.61 Å². The first-order chi connectivity index (χ1) is 6.38. The highest BCUT2D eigenvalue weighted by atomic mass is 16.2. The molecule has 1 heteroatoms. The zero-order chi connectivity index (χ0) is 9.52. The number of hydrogen-bond donors (Lipinski definition) is 1. The van der Waals surface area contributed by atoms with Crippen LogP contribution in [0.5, 0.6) is 0 Å². The van der Waals surface area contributed by atoms with Crippen molar-refractivity contribution in [2.24, 2.45) is 0 Å². The van der Waals surface area contributed by atoms with Crippen LogP contribution < -0.4 is 0 Å². The van der Waals surface area contributed by atoms with Gasteiger partial charge in [-0.25, -0.2) is 0 Å². The van der Waals surface area contributed by atoms with Gasteiger partial charge in [-0.1, -0.05) is 42.5 Å². The van der Waals surface area contributed by atoms with Crippen LogP contribution in [0.25, 0.3) is 6.08 Å². The quantitative estimate of drug-likeness (QED) is 0.695. The van der Waals surface area contributed by atoms with Gasteiger partial charge in [0.1, 0.15) is 0 Å². The minimum Gasteiger partial charge on any atom is -0.392 e. The van der Waals surface area contributed by atoms with Gasteiger partial charge in [-0.2, -0.15) is 0 Å². The van der Waals surface area contributed by atoms with E-state index in [9.17, 15) is 0 Å². The minimum atomic E-state index is 0.0857. The van der Waals surface area contributed by atoms with Crippen molar-refractivity contribution >= 4 is 6.08 Å². The average Bonchev–Trinajstić information content (AvgIpc) is 2.17. The van der Waals surface area contributed by atoms with Crippen molar-refractivity contribution in [3.05, 3.63) is 54.1 Å². The van der Waals surface area contributed by atoms with Crippen molar-refractivity contribution in [2.45, 2.75) is 6.42 Å². The van der Waals surface area contributed by atoms with Gasteiger partial charge in [0.2, 0.25) is 0 Å². The zero-order valence-corrected chi connectivity index (χ0v) is 7.61. The standard InChI is InChI=1S/C12H14O/c1-2-6-11-7-3-4-8-12(11)9-5-10-13/h2-5,7-9,13H,1,6,10H2/b9-5+. The molecule has 0 aliphatic rings. The molecule has 1 N–H and O–H groups in total. The molecule has 0 heterocycles. The molecule has 0 fully saturated rings. The second kappa shape index (κ2) is 5.33. The summed E-state index contributed by atoms with van der Waals surface area (Å²) in [6, 6.07) is 8.10. The summed E-state index contributed by atoms with van der Waals surface area (Å²) < 4.78 is 0. The summed E-state index contributed by atoms with van der Waals surface area (Å²) in [6.07, 6.45) is 6.41. The summed E-state index contributed by atoms with van der Waals surface area (Å²) >= 11 is 0. The monoisotopic (exact) mass is 174 g/mol. The van der Waals surface area contributed by atoms with E-state index in [0.29, 0.717) is 0 Å². The molecule has 68 valence electrons. The first-order valence-electron chi connectivity index (χ1n) is 4.34. The Labute approximate surface area is 79.0 Å². The largest absolute Gasteiger partial charge is 0.392 e.